The number of hydrogen-bond donors (Lipinski definition) is 1. The van der Waals surface area contributed by atoms with Crippen molar-refractivity contribution in [3.8, 4) is 0 Å². The number of nitrogens with zero attached hydrogens (tertiary/aromatic N) is 2. The highest BCUT2D eigenvalue weighted by atomic mass is 16.1. The molecule has 1 aromatic heterocycles. The first-order chi connectivity index (χ1) is 7.83. The lowest BCUT2D eigenvalue weighted by Crippen LogP contribution is -2.31. The van der Waals surface area contributed by atoms with Crippen molar-refractivity contribution in [2.24, 2.45) is 5.73 Å². The molecule has 4 heteroatoms. The molecule has 0 saturated heterocycles. The maximum atomic E-state index is 11.6. The van der Waals surface area contributed by atoms with E-state index >= 15 is 0 Å². The molecule has 0 bridgehead atoms. The van der Waals surface area contributed by atoms with Crippen LogP contribution < -0.4 is 11.3 Å². The van der Waals surface area contributed by atoms with Gasteiger partial charge in [0.25, 0.3) is 5.56 Å². The summed E-state index contributed by atoms with van der Waals surface area (Å²) >= 11 is 0. The SMILES string of the molecule is NC[C@@H](c1ccccc1)n1ncccc1=O. The van der Waals surface area contributed by atoms with Crippen LogP contribution >= 0.6 is 0 Å². The van der Waals surface area contributed by atoms with Crippen molar-refractivity contribution in [2.45, 2.75) is 6.04 Å². The summed E-state index contributed by atoms with van der Waals surface area (Å²) < 4.78 is 1.41. The van der Waals surface area contributed by atoms with Crippen LogP contribution in [0, 0.1) is 0 Å². The van der Waals surface area contributed by atoms with Gasteiger partial charge in [0.1, 0.15) is 0 Å². The van der Waals surface area contributed by atoms with Gasteiger partial charge in [0.05, 0.1) is 6.04 Å². The van der Waals surface area contributed by atoms with Crippen molar-refractivity contribution in [1.29, 1.82) is 0 Å². The topological polar surface area (TPSA) is 60.9 Å². The van der Waals surface area contributed by atoms with E-state index < -0.39 is 0 Å². The predicted molar refractivity (Wildman–Crippen MR) is 62.1 cm³/mol. The third-order valence-corrected chi connectivity index (χ3v) is 2.44. The molecule has 0 unspecified atom stereocenters. The Balaban J connectivity index is 2.45. The van der Waals surface area contributed by atoms with Gasteiger partial charge in [-0.05, 0) is 11.6 Å². The van der Waals surface area contributed by atoms with E-state index in [0.29, 0.717) is 6.54 Å². The lowest BCUT2D eigenvalue weighted by molar-refractivity contribution is 0.503. The van der Waals surface area contributed by atoms with Gasteiger partial charge in [-0.15, -0.1) is 0 Å². The number of aromatic nitrogens is 2. The van der Waals surface area contributed by atoms with Gasteiger partial charge >= 0.3 is 0 Å². The Hall–Kier alpha value is -1.94. The van der Waals surface area contributed by atoms with Crippen molar-refractivity contribution in [3.05, 3.63) is 64.6 Å². The molecule has 0 aliphatic rings. The minimum atomic E-state index is -0.199. The van der Waals surface area contributed by atoms with Crippen molar-refractivity contribution in [2.75, 3.05) is 6.54 Å². The first-order valence-corrected chi connectivity index (χ1v) is 5.12. The predicted octanol–water partition coefficient (Wildman–Crippen LogP) is 0.791. The summed E-state index contributed by atoms with van der Waals surface area (Å²) in [7, 11) is 0. The van der Waals surface area contributed by atoms with E-state index in [-0.39, 0.29) is 11.6 Å². The van der Waals surface area contributed by atoms with Crippen LogP contribution in [-0.2, 0) is 0 Å². The van der Waals surface area contributed by atoms with Gasteiger partial charge in [0.2, 0.25) is 0 Å². The molecule has 0 amide bonds. The molecule has 4 nitrogen and oxygen atoms in total. The summed E-state index contributed by atoms with van der Waals surface area (Å²) in [4.78, 5) is 11.6. The van der Waals surface area contributed by atoms with Gasteiger partial charge in [-0.1, -0.05) is 30.3 Å². The molecule has 1 aromatic carbocycles. The average Bonchev–Trinajstić information content (AvgIpc) is 2.34. The highest BCUT2D eigenvalue weighted by Crippen LogP contribution is 2.13. The molecule has 1 heterocycles. The zero-order valence-electron chi connectivity index (χ0n) is 8.78. The fourth-order valence-corrected chi connectivity index (χ4v) is 1.66. The Morgan fingerprint density at radius 1 is 1.19 bits per heavy atom. The van der Waals surface area contributed by atoms with Crippen LogP contribution in [0.5, 0.6) is 0 Å². The zero-order chi connectivity index (χ0) is 11.4. The average molecular weight is 215 g/mol. The molecule has 1 atom stereocenters. The molecular formula is C12H13N3O. The van der Waals surface area contributed by atoms with Gasteiger partial charge in [0, 0.05) is 18.8 Å². The van der Waals surface area contributed by atoms with Crippen molar-refractivity contribution >= 4 is 0 Å². The lowest BCUT2D eigenvalue weighted by atomic mass is 10.1. The maximum absolute atomic E-state index is 11.6. The van der Waals surface area contributed by atoms with Gasteiger partial charge in [-0.2, -0.15) is 5.10 Å². The molecule has 82 valence electrons. The molecule has 0 spiro atoms. The quantitative estimate of drug-likeness (QED) is 0.823. The number of hydrogen-bond acceptors (Lipinski definition) is 3. The van der Waals surface area contributed by atoms with Crippen LogP contribution in [0.15, 0.2) is 53.5 Å². The first kappa shape index (κ1) is 10.6. The Morgan fingerprint density at radius 2 is 1.94 bits per heavy atom. The first-order valence-electron chi connectivity index (χ1n) is 5.12. The fourth-order valence-electron chi connectivity index (χ4n) is 1.66. The summed E-state index contributed by atoms with van der Waals surface area (Å²) in [5, 5.41) is 4.05. The third kappa shape index (κ3) is 2.01. The molecule has 0 saturated carbocycles. The molecule has 0 aliphatic heterocycles. The monoisotopic (exact) mass is 215 g/mol. The normalized spacial score (nSPS) is 12.3. The number of benzene rings is 1. The van der Waals surface area contributed by atoms with Crippen LogP contribution in [0.4, 0.5) is 0 Å². The molecule has 16 heavy (non-hydrogen) atoms. The molecule has 0 fully saturated rings. The summed E-state index contributed by atoms with van der Waals surface area (Å²) in [6.45, 7) is 0.348. The van der Waals surface area contributed by atoms with Gasteiger partial charge in [-0.25, -0.2) is 4.68 Å². The van der Waals surface area contributed by atoms with Crippen molar-refractivity contribution in [3.63, 3.8) is 0 Å². The van der Waals surface area contributed by atoms with Crippen molar-refractivity contribution < 1.29 is 0 Å². The lowest BCUT2D eigenvalue weighted by Gasteiger charge is -2.16. The van der Waals surface area contributed by atoms with E-state index in [1.807, 2.05) is 30.3 Å². The summed E-state index contributed by atoms with van der Waals surface area (Å²) in [5.41, 5.74) is 6.56. The molecule has 2 N–H and O–H groups in total. The Kier molecular flexibility index (Phi) is 3.12. The van der Waals surface area contributed by atoms with Crippen LogP contribution in [0.25, 0.3) is 0 Å². The van der Waals surface area contributed by atoms with Gasteiger partial charge < -0.3 is 5.73 Å². The van der Waals surface area contributed by atoms with E-state index in [1.54, 1.807) is 12.3 Å². The Morgan fingerprint density at radius 3 is 2.56 bits per heavy atom. The summed E-state index contributed by atoms with van der Waals surface area (Å²) in [5.74, 6) is 0. The van der Waals surface area contributed by atoms with E-state index in [0.717, 1.165) is 5.56 Å². The smallest absolute Gasteiger partial charge is 0.267 e. The highest BCUT2D eigenvalue weighted by molar-refractivity contribution is 5.19. The second kappa shape index (κ2) is 4.72. The summed E-state index contributed by atoms with van der Waals surface area (Å²) in [6, 6.07) is 12.6. The standard InChI is InChI=1S/C12H13N3O/c13-9-11(10-5-2-1-3-6-10)15-12(16)7-4-8-14-15/h1-8,11H,9,13H2/t11-/m0/s1. The van der Waals surface area contributed by atoms with E-state index in [4.69, 9.17) is 5.73 Å². The van der Waals surface area contributed by atoms with Crippen LogP contribution in [0.3, 0.4) is 0 Å². The fraction of sp³-hybridized carbons (Fsp3) is 0.167. The van der Waals surface area contributed by atoms with Crippen LogP contribution in [0.1, 0.15) is 11.6 Å². The minimum absolute atomic E-state index is 0.137. The van der Waals surface area contributed by atoms with E-state index in [1.165, 1.54) is 10.7 Å². The van der Waals surface area contributed by atoms with E-state index in [9.17, 15) is 4.79 Å². The molecule has 0 radical (unpaired) electrons. The third-order valence-electron chi connectivity index (χ3n) is 2.44. The van der Waals surface area contributed by atoms with Gasteiger partial charge in [-0.3, -0.25) is 4.79 Å². The van der Waals surface area contributed by atoms with Crippen LogP contribution in [-0.4, -0.2) is 16.3 Å². The number of rotatable bonds is 3. The Bertz CT molecular complexity index is 507. The largest absolute Gasteiger partial charge is 0.328 e. The molecule has 2 rings (SSSR count). The molecular weight excluding hydrogens is 202 g/mol. The zero-order valence-corrected chi connectivity index (χ0v) is 8.78. The second-order valence-corrected chi connectivity index (χ2v) is 3.47. The molecule has 0 aliphatic carbocycles. The molecule has 2 aromatic rings. The van der Waals surface area contributed by atoms with Gasteiger partial charge in [0.15, 0.2) is 0 Å². The van der Waals surface area contributed by atoms with E-state index in [2.05, 4.69) is 5.10 Å². The maximum Gasteiger partial charge on any atom is 0.267 e. The van der Waals surface area contributed by atoms with Crippen LogP contribution in [0.2, 0.25) is 0 Å². The second-order valence-electron chi connectivity index (χ2n) is 3.47. The number of nitrogens with two attached hydrogens (primary N) is 1. The minimum Gasteiger partial charge on any atom is -0.328 e. The Labute approximate surface area is 93.3 Å². The highest BCUT2D eigenvalue weighted by Gasteiger charge is 2.12. The summed E-state index contributed by atoms with van der Waals surface area (Å²) in [6.07, 6.45) is 1.59. The van der Waals surface area contributed by atoms with Crippen molar-refractivity contribution in [1.82, 2.24) is 9.78 Å².